The van der Waals surface area contributed by atoms with E-state index in [1.807, 2.05) is 42.5 Å². The van der Waals surface area contributed by atoms with Crippen molar-refractivity contribution < 1.29 is 4.79 Å². The summed E-state index contributed by atoms with van der Waals surface area (Å²) in [5.74, 6) is 0.645. The largest absolute Gasteiger partial charge is 0.399 e. The first-order chi connectivity index (χ1) is 12.2. The topological polar surface area (TPSA) is 96.7 Å². The van der Waals surface area contributed by atoms with E-state index in [0.29, 0.717) is 24.3 Å². The van der Waals surface area contributed by atoms with Crippen molar-refractivity contribution in [2.45, 2.75) is 6.42 Å². The summed E-state index contributed by atoms with van der Waals surface area (Å²) in [6.45, 7) is 0.478. The number of pyridine rings is 1. The van der Waals surface area contributed by atoms with Crippen LogP contribution >= 0.6 is 0 Å². The van der Waals surface area contributed by atoms with Crippen LogP contribution in [0.1, 0.15) is 16.3 Å². The fraction of sp³-hybridized carbons (Fsp3) is 0.105. The molecule has 0 atom stereocenters. The fourth-order valence-electron chi connectivity index (χ4n) is 2.88. The van der Waals surface area contributed by atoms with Crippen molar-refractivity contribution in [2.24, 2.45) is 0 Å². The number of hydrogen-bond acceptors (Lipinski definition) is 4. The Hall–Kier alpha value is -3.41. The lowest BCUT2D eigenvalue weighted by molar-refractivity contribution is 0.0951. The summed E-state index contributed by atoms with van der Waals surface area (Å²) >= 11 is 0. The number of nitrogens with two attached hydrogens (primary N) is 1. The molecule has 0 saturated heterocycles. The molecule has 124 valence electrons. The standard InChI is InChI=1S/C19H17N5O/c20-13-5-6-14-12(11-13)7-9-21-18(14)19(25)22-10-8-17-23-15-3-1-2-4-16(15)24-17/h1-7,9,11H,8,10,20H2,(H,22,25)(H,23,24). The number of carbonyl (C=O) groups is 1. The number of rotatable bonds is 4. The molecule has 4 N–H and O–H groups in total. The van der Waals surface area contributed by atoms with E-state index in [4.69, 9.17) is 5.73 Å². The third-order valence-electron chi connectivity index (χ3n) is 4.09. The Kier molecular flexibility index (Phi) is 3.78. The summed E-state index contributed by atoms with van der Waals surface area (Å²) < 4.78 is 0. The lowest BCUT2D eigenvalue weighted by atomic mass is 10.1. The van der Waals surface area contributed by atoms with Gasteiger partial charge in [0.15, 0.2) is 0 Å². The van der Waals surface area contributed by atoms with Gasteiger partial charge in [-0.15, -0.1) is 0 Å². The summed E-state index contributed by atoms with van der Waals surface area (Å²) in [7, 11) is 0. The average Bonchev–Trinajstić information content (AvgIpc) is 3.03. The summed E-state index contributed by atoms with van der Waals surface area (Å²) in [4.78, 5) is 24.4. The lowest BCUT2D eigenvalue weighted by Crippen LogP contribution is -2.27. The maximum absolute atomic E-state index is 12.5. The summed E-state index contributed by atoms with van der Waals surface area (Å²) in [6.07, 6.45) is 2.24. The molecule has 0 aliphatic rings. The normalized spacial score (nSPS) is 11.0. The fourth-order valence-corrected chi connectivity index (χ4v) is 2.88. The first-order valence-corrected chi connectivity index (χ1v) is 8.07. The number of benzene rings is 2. The van der Waals surface area contributed by atoms with Crippen LogP contribution in [0.2, 0.25) is 0 Å². The van der Waals surface area contributed by atoms with E-state index in [1.54, 1.807) is 12.3 Å². The van der Waals surface area contributed by atoms with E-state index in [2.05, 4.69) is 20.3 Å². The van der Waals surface area contributed by atoms with Crippen LogP contribution in [0.15, 0.2) is 54.7 Å². The predicted molar refractivity (Wildman–Crippen MR) is 98.3 cm³/mol. The van der Waals surface area contributed by atoms with Crippen molar-refractivity contribution >= 4 is 33.4 Å². The second kappa shape index (κ2) is 6.24. The maximum atomic E-state index is 12.5. The van der Waals surface area contributed by atoms with Crippen molar-refractivity contribution in [1.82, 2.24) is 20.3 Å². The first kappa shape index (κ1) is 15.1. The zero-order chi connectivity index (χ0) is 17.2. The Morgan fingerprint density at radius 1 is 1.16 bits per heavy atom. The molecule has 0 radical (unpaired) electrons. The van der Waals surface area contributed by atoms with Crippen molar-refractivity contribution in [3.05, 3.63) is 66.2 Å². The minimum absolute atomic E-state index is 0.202. The minimum atomic E-state index is -0.202. The Balaban J connectivity index is 1.47. The third kappa shape index (κ3) is 3.01. The number of imidazole rings is 1. The van der Waals surface area contributed by atoms with Gasteiger partial charge in [0, 0.05) is 30.2 Å². The number of fused-ring (bicyclic) bond motifs is 2. The van der Waals surface area contributed by atoms with Gasteiger partial charge in [-0.1, -0.05) is 12.1 Å². The number of aromatic nitrogens is 3. The Labute approximate surface area is 144 Å². The molecule has 0 saturated carbocycles. The number of nitrogens with one attached hydrogen (secondary N) is 2. The molecular formula is C19H17N5O. The van der Waals surface area contributed by atoms with Crippen molar-refractivity contribution in [3.63, 3.8) is 0 Å². The molecule has 25 heavy (non-hydrogen) atoms. The van der Waals surface area contributed by atoms with Gasteiger partial charge >= 0.3 is 0 Å². The monoisotopic (exact) mass is 331 g/mol. The quantitative estimate of drug-likeness (QED) is 0.501. The molecule has 4 rings (SSSR count). The zero-order valence-electron chi connectivity index (χ0n) is 13.5. The number of amides is 1. The summed E-state index contributed by atoms with van der Waals surface area (Å²) in [5, 5.41) is 4.60. The molecule has 0 unspecified atom stereocenters. The van der Waals surface area contributed by atoms with E-state index in [1.165, 1.54) is 0 Å². The number of nitrogens with zero attached hydrogens (tertiary/aromatic N) is 2. The molecule has 0 aliphatic carbocycles. The molecular weight excluding hydrogens is 314 g/mol. The van der Waals surface area contributed by atoms with Gasteiger partial charge in [0.1, 0.15) is 11.5 Å². The van der Waals surface area contributed by atoms with Crippen molar-refractivity contribution in [1.29, 1.82) is 0 Å². The van der Waals surface area contributed by atoms with Crippen LogP contribution in [0.4, 0.5) is 5.69 Å². The number of anilines is 1. The highest BCUT2D eigenvalue weighted by molar-refractivity contribution is 6.05. The molecule has 2 heterocycles. The van der Waals surface area contributed by atoms with Crippen LogP contribution in [0.5, 0.6) is 0 Å². The number of hydrogen-bond donors (Lipinski definition) is 3. The van der Waals surface area contributed by atoms with Crippen molar-refractivity contribution in [3.8, 4) is 0 Å². The van der Waals surface area contributed by atoms with Gasteiger partial charge in [-0.25, -0.2) is 4.98 Å². The van der Waals surface area contributed by atoms with E-state index in [0.717, 1.165) is 27.6 Å². The second-order valence-corrected chi connectivity index (χ2v) is 5.85. The van der Waals surface area contributed by atoms with Gasteiger partial charge < -0.3 is 16.0 Å². The van der Waals surface area contributed by atoms with Crippen LogP contribution in [0.3, 0.4) is 0 Å². The molecule has 6 nitrogen and oxygen atoms in total. The number of carbonyl (C=O) groups excluding carboxylic acids is 1. The number of H-pyrrole nitrogens is 1. The molecule has 6 heteroatoms. The average molecular weight is 331 g/mol. The maximum Gasteiger partial charge on any atom is 0.270 e. The van der Waals surface area contributed by atoms with E-state index >= 15 is 0 Å². The molecule has 0 aliphatic heterocycles. The minimum Gasteiger partial charge on any atom is -0.399 e. The second-order valence-electron chi connectivity index (χ2n) is 5.85. The predicted octanol–water partition coefficient (Wildman–Crippen LogP) is 2.67. The Morgan fingerprint density at radius 3 is 2.92 bits per heavy atom. The van der Waals surface area contributed by atoms with E-state index < -0.39 is 0 Å². The first-order valence-electron chi connectivity index (χ1n) is 8.07. The molecule has 0 bridgehead atoms. The van der Waals surface area contributed by atoms with Gasteiger partial charge in [0.05, 0.1) is 11.0 Å². The van der Waals surface area contributed by atoms with Gasteiger partial charge in [-0.05, 0) is 41.8 Å². The zero-order valence-corrected chi connectivity index (χ0v) is 13.5. The summed E-state index contributed by atoms with van der Waals surface area (Å²) in [5.41, 5.74) is 8.79. The van der Waals surface area contributed by atoms with Crippen LogP contribution < -0.4 is 11.1 Å². The Morgan fingerprint density at radius 2 is 2.04 bits per heavy atom. The number of aromatic amines is 1. The van der Waals surface area contributed by atoms with Crippen molar-refractivity contribution in [2.75, 3.05) is 12.3 Å². The van der Waals surface area contributed by atoms with Gasteiger partial charge in [-0.2, -0.15) is 0 Å². The highest BCUT2D eigenvalue weighted by atomic mass is 16.1. The van der Waals surface area contributed by atoms with E-state index in [9.17, 15) is 4.79 Å². The van der Waals surface area contributed by atoms with E-state index in [-0.39, 0.29) is 5.91 Å². The highest BCUT2D eigenvalue weighted by Gasteiger charge is 2.11. The number of nitrogen functional groups attached to an aromatic ring is 1. The smallest absolute Gasteiger partial charge is 0.270 e. The molecule has 1 amide bonds. The highest BCUT2D eigenvalue weighted by Crippen LogP contribution is 2.19. The summed E-state index contributed by atoms with van der Waals surface area (Å²) in [6, 6.07) is 15.1. The number of para-hydroxylation sites is 2. The van der Waals surface area contributed by atoms with Crippen LogP contribution in [-0.2, 0) is 6.42 Å². The molecule has 2 aromatic carbocycles. The third-order valence-corrected chi connectivity index (χ3v) is 4.09. The van der Waals surface area contributed by atoms with Crippen LogP contribution in [-0.4, -0.2) is 27.4 Å². The molecule has 0 fully saturated rings. The lowest BCUT2D eigenvalue weighted by Gasteiger charge is -2.07. The van der Waals surface area contributed by atoms with Crippen LogP contribution in [0.25, 0.3) is 21.8 Å². The molecule has 0 spiro atoms. The molecule has 2 aromatic heterocycles. The SMILES string of the molecule is Nc1ccc2c(C(=O)NCCc3nc4ccccc4[nH]3)nccc2c1. The van der Waals surface area contributed by atoms with Gasteiger partial charge in [-0.3, -0.25) is 9.78 Å². The van der Waals surface area contributed by atoms with Gasteiger partial charge in [0.25, 0.3) is 5.91 Å². The Bertz CT molecular complexity index is 1040. The van der Waals surface area contributed by atoms with Crippen LogP contribution in [0, 0.1) is 0 Å². The van der Waals surface area contributed by atoms with Gasteiger partial charge in [0.2, 0.25) is 0 Å². The molecule has 4 aromatic rings.